The molecule has 9 heteroatoms. The van der Waals surface area contributed by atoms with E-state index >= 15 is 0 Å². The highest BCUT2D eigenvalue weighted by atomic mass is 32.2. The van der Waals surface area contributed by atoms with Crippen LogP contribution in [0.15, 0.2) is 29.6 Å². The number of piperidine rings is 1. The Morgan fingerprint density at radius 2 is 2.09 bits per heavy atom. The number of carboxylic acids is 1. The summed E-state index contributed by atoms with van der Waals surface area (Å²) < 4.78 is 28.2. The number of imidazole rings is 1. The van der Waals surface area contributed by atoms with Crippen LogP contribution in [0.25, 0.3) is 0 Å². The van der Waals surface area contributed by atoms with Crippen LogP contribution >= 0.6 is 0 Å². The number of rotatable bonds is 4. The van der Waals surface area contributed by atoms with Crippen LogP contribution in [0.2, 0.25) is 0 Å². The minimum Gasteiger partial charge on any atom is -0.477 e. The molecule has 0 aliphatic carbocycles. The zero-order valence-corrected chi connectivity index (χ0v) is 13.5. The normalized spacial score (nSPS) is 17.4. The van der Waals surface area contributed by atoms with E-state index in [0.717, 1.165) is 0 Å². The van der Waals surface area contributed by atoms with Gasteiger partial charge in [-0.15, -0.1) is 0 Å². The minimum atomic E-state index is -3.57. The number of aryl methyl sites for hydroxylation is 1. The molecule has 0 radical (unpaired) electrons. The van der Waals surface area contributed by atoms with Crippen molar-refractivity contribution in [2.75, 3.05) is 13.1 Å². The van der Waals surface area contributed by atoms with Crippen molar-refractivity contribution >= 4 is 16.0 Å². The van der Waals surface area contributed by atoms with Gasteiger partial charge in [0, 0.05) is 25.3 Å². The third-order valence-electron chi connectivity index (χ3n) is 4.11. The molecule has 23 heavy (non-hydrogen) atoms. The Hall–Kier alpha value is -2.13. The first-order valence-corrected chi connectivity index (χ1v) is 8.75. The molecule has 3 rings (SSSR count). The molecular formula is C14H18N4O4S. The summed E-state index contributed by atoms with van der Waals surface area (Å²) in [6.07, 6.45) is 4.20. The van der Waals surface area contributed by atoms with E-state index in [0.29, 0.717) is 31.8 Å². The maximum Gasteiger partial charge on any atom is 0.352 e. The first-order chi connectivity index (χ1) is 10.9. The van der Waals surface area contributed by atoms with E-state index in [-0.39, 0.29) is 16.8 Å². The molecule has 0 spiro atoms. The summed E-state index contributed by atoms with van der Waals surface area (Å²) in [6, 6.07) is 3.24. The van der Waals surface area contributed by atoms with E-state index in [1.807, 2.05) is 0 Å². The number of aromatic amines is 1. The molecule has 1 saturated heterocycles. The number of aromatic carboxylic acids is 1. The highest BCUT2D eigenvalue weighted by molar-refractivity contribution is 7.89. The number of nitrogens with one attached hydrogen (secondary N) is 1. The number of aromatic nitrogens is 3. The van der Waals surface area contributed by atoms with Gasteiger partial charge in [-0.25, -0.2) is 18.2 Å². The molecule has 8 nitrogen and oxygen atoms in total. The first kappa shape index (κ1) is 15.8. The summed E-state index contributed by atoms with van der Waals surface area (Å²) in [4.78, 5) is 17.9. The SMILES string of the molecule is Cc1ncc(S(=O)(=O)N2CCC(n3cccc3C(=O)O)CC2)[nH]1. The third kappa shape index (κ3) is 2.89. The molecular weight excluding hydrogens is 320 g/mol. The number of hydrogen-bond donors (Lipinski definition) is 2. The van der Waals surface area contributed by atoms with Gasteiger partial charge < -0.3 is 14.7 Å². The molecule has 1 fully saturated rings. The molecule has 1 aliphatic heterocycles. The maximum absolute atomic E-state index is 12.5. The maximum atomic E-state index is 12.5. The van der Waals surface area contributed by atoms with E-state index in [4.69, 9.17) is 0 Å². The number of nitrogens with zero attached hydrogens (tertiary/aromatic N) is 3. The summed E-state index contributed by atoms with van der Waals surface area (Å²) in [6.45, 7) is 2.40. The molecule has 2 aromatic rings. The van der Waals surface area contributed by atoms with Crippen LogP contribution in [-0.4, -0.2) is 51.4 Å². The van der Waals surface area contributed by atoms with Crippen LogP contribution < -0.4 is 0 Å². The standard InChI is InChI=1S/C14H18N4O4S/c1-10-15-9-13(16-10)23(21,22)17-7-4-11(5-8-17)18-6-2-3-12(18)14(19)20/h2-3,6,9,11H,4-5,7-8H2,1H3,(H,15,16)(H,19,20). The third-order valence-corrected chi connectivity index (χ3v) is 5.92. The van der Waals surface area contributed by atoms with E-state index in [1.54, 1.807) is 29.8 Å². The second-order valence-electron chi connectivity index (χ2n) is 5.57. The van der Waals surface area contributed by atoms with Gasteiger partial charge in [-0.1, -0.05) is 0 Å². The zero-order chi connectivity index (χ0) is 16.6. The largest absolute Gasteiger partial charge is 0.477 e. The van der Waals surface area contributed by atoms with E-state index in [1.165, 1.54) is 10.5 Å². The van der Waals surface area contributed by atoms with E-state index < -0.39 is 16.0 Å². The van der Waals surface area contributed by atoms with Crippen molar-refractivity contribution in [3.63, 3.8) is 0 Å². The van der Waals surface area contributed by atoms with Crippen molar-refractivity contribution < 1.29 is 18.3 Å². The van der Waals surface area contributed by atoms with E-state index in [2.05, 4.69) is 9.97 Å². The van der Waals surface area contributed by atoms with Gasteiger partial charge in [0.05, 0.1) is 6.20 Å². The van der Waals surface area contributed by atoms with E-state index in [9.17, 15) is 18.3 Å². The van der Waals surface area contributed by atoms with Crippen molar-refractivity contribution in [3.05, 3.63) is 36.0 Å². The fourth-order valence-electron chi connectivity index (χ4n) is 2.92. The van der Waals surface area contributed by atoms with Crippen LogP contribution in [0, 0.1) is 6.92 Å². The van der Waals surface area contributed by atoms with Crippen LogP contribution in [0.3, 0.4) is 0 Å². The molecule has 0 amide bonds. The van der Waals surface area contributed by atoms with Crippen LogP contribution in [0.5, 0.6) is 0 Å². The average Bonchev–Trinajstić information content (AvgIpc) is 3.16. The Kier molecular flexibility index (Phi) is 3.99. The quantitative estimate of drug-likeness (QED) is 0.872. The number of sulfonamides is 1. The Labute approximate surface area is 133 Å². The van der Waals surface area contributed by atoms with Crippen molar-refractivity contribution in [2.24, 2.45) is 0 Å². The monoisotopic (exact) mass is 338 g/mol. The highest BCUT2D eigenvalue weighted by Gasteiger charge is 2.31. The summed E-state index contributed by atoms with van der Waals surface area (Å²) in [5, 5.41) is 9.28. The fraction of sp³-hybridized carbons (Fsp3) is 0.429. The van der Waals surface area contributed by atoms with Gasteiger partial charge in [-0.05, 0) is 31.9 Å². The highest BCUT2D eigenvalue weighted by Crippen LogP contribution is 2.27. The van der Waals surface area contributed by atoms with Crippen LogP contribution in [0.1, 0.15) is 35.2 Å². The molecule has 1 aliphatic rings. The van der Waals surface area contributed by atoms with Crippen molar-refractivity contribution in [2.45, 2.75) is 30.8 Å². The summed E-state index contributed by atoms with van der Waals surface area (Å²) in [5.41, 5.74) is 0.232. The van der Waals surface area contributed by atoms with Gasteiger partial charge >= 0.3 is 5.97 Å². The molecule has 2 aromatic heterocycles. The number of carboxylic acid groups (broad SMARTS) is 1. The average molecular weight is 338 g/mol. The molecule has 3 heterocycles. The van der Waals surface area contributed by atoms with Gasteiger partial charge in [0.15, 0.2) is 5.03 Å². The lowest BCUT2D eigenvalue weighted by Gasteiger charge is -2.32. The van der Waals surface area contributed by atoms with Crippen molar-refractivity contribution in [1.29, 1.82) is 0 Å². The lowest BCUT2D eigenvalue weighted by atomic mass is 10.1. The first-order valence-electron chi connectivity index (χ1n) is 7.31. The number of H-pyrrole nitrogens is 1. The minimum absolute atomic E-state index is 0.00828. The molecule has 0 saturated carbocycles. The van der Waals surface area contributed by atoms with Crippen molar-refractivity contribution in [1.82, 2.24) is 18.8 Å². The second-order valence-corrected chi connectivity index (χ2v) is 7.48. The lowest BCUT2D eigenvalue weighted by Crippen LogP contribution is -2.39. The van der Waals surface area contributed by atoms with Crippen LogP contribution in [-0.2, 0) is 10.0 Å². The Bertz CT molecular complexity index is 815. The summed E-state index contributed by atoms with van der Waals surface area (Å²) in [5.74, 6) is -0.421. The lowest BCUT2D eigenvalue weighted by molar-refractivity contribution is 0.0680. The van der Waals surface area contributed by atoms with Crippen LogP contribution in [0.4, 0.5) is 0 Å². The van der Waals surface area contributed by atoms with Gasteiger partial charge in [-0.3, -0.25) is 0 Å². The Balaban J connectivity index is 1.73. The fourth-order valence-corrected chi connectivity index (χ4v) is 4.35. The zero-order valence-electron chi connectivity index (χ0n) is 12.6. The smallest absolute Gasteiger partial charge is 0.352 e. The van der Waals surface area contributed by atoms with Crippen molar-refractivity contribution in [3.8, 4) is 0 Å². The molecule has 0 unspecified atom stereocenters. The molecule has 0 atom stereocenters. The predicted molar refractivity (Wildman–Crippen MR) is 81.7 cm³/mol. The Morgan fingerprint density at radius 3 is 2.65 bits per heavy atom. The Morgan fingerprint density at radius 1 is 1.39 bits per heavy atom. The molecule has 124 valence electrons. The summed E-state index contributed by atoms with van der Waals surface area (Å²) in [7, 11) is -3.57. The second kappa shape index (κ2) is 5.82. The van der Waals surface area contributed by atoms with Gasteiger partial charge in [0.2, 0.25) is 0 Å². The number of carbonyl (C=O) groups is 1. The molecule has 2 N–H and O–H groups in total. The number of hydrogen-bond acceptors (Lipinski definition) is 4. The molecule has 0 aromatic carbocycles. The molecule has 0 bridgehead atoms. The van der Waals surface area contributed by atoms with Gasteiger partial charge in [0.1, 0.15) is 11.5 Å². The summed E-state index contributed by atoms with van der Waals surface area (Å²) >= 11 is 0. The predicted octanol–water partition coefficient (Wildman–Crippen LogP) is 1.24. The van der Waals surface area contributed by atoms with Gasteiger partial charge in [-0.2, -0.15) is 4.31 Å². The van der Waals surface area contributed by atoms with Gasteiger partial charge in [0.25, 0.3) is 10.0 Å². The topological polar surface area (TPSA) is 108 Å².